The highest BCUT2D eigenvalue weighted by Crippen LogP contribution is 2.65. The Morgan fingerprint density at radius 2 is 1.27 bits per heavy atom. The Kier molecular flexibility index (Phi) is 6.58. The number of hydrogen-bond donors (Lipinski definition) is 0. The molecule has 0 saturated carbocycles. The van der Waals surface area contributed by atoms with Crippen molar-refractivity contribution in [2.45, 2.75) is 5.41 Å². The lowest BCUT2D eigenvalue weighted by Gasteiger charge is -2.43. The fourth-order valence-electron chi connectivity index (χ4n) is 9.56. The highest BCUT2D eigenvalue weighted by atomic mass is 16.5. The van der Waals surface area contributed by atoms with Gasteiger partial charge >= 0.3 is 0 Å². The summed E-state index contributed by atoms with van der Waals surface area (Å²) in [5.41, 5.74) is 15.4. The number of aromatic nitrogens is 2. The van der Waals surface area contributed by atoms with Crippen LogP contribution in [0, 0.1) is 0 Å². The molecule has 11 rings (SSSR count). The first kappa shape index (κ1) is 31.8. The molecule has 0 amide bonds. The van der Waals surface area contributed by atoms with E-state index in [0.717, 1.165) is 46.1 Å². The van der Waals surface area contributed by atoms with Crippen LogP contribution in [0.5, 0.6) is 11.5 Å². The van der Waals surface area contributed by atoms with Gasteiger partial charge in [-0.25, -0.2) is 4.98 Å². The topological polar surface area (TPSA) is 40.0 Å². The molecule has 2 aromatic heterocycles. The minimum Gasteiger partial charge on any atom is -0.457 e. The van der Waals surface area contributed by atoms with Crippen molar-refractivity contribution in [3.63, 3.8) is 0 Å². The molecular formula is C48H40N6O. The summed E-state index contributed by atoms with van der Waals surface area (Å²) in [6.45, 7) is 0.754. The van der Waals surface area contributed by atoms with E-state index in [4.69, 9.17) is 9.72 Å². The Bertz CT molecular complexity index is 2820. The van der Waals surface area contributed by atoms with E-state index < -0.39 is 5.41 Å². The number of rotatable bonds is 5. The fraction of sp³-hybridized carbons (Fsp3) is 0.146. The molecule has 8 aromatic rings. The number of benzene rings is 6. The molecule has 0 atom stereocenters. The summed E-state index contributed by atoms with van der Waals surface area (Å²) in [5.74, 6) is 2.46. The molecular weight excluding hydrogens is 677 g/mol. The predicted octanol–water partition coefficient (Wildman–Crippen LogP) is 10.3. The first-order valence-corrected chi connectivity index (χ1v) is 18.9. The second-order valence-electron chi connectivity index (χ2n) is 15.4. The zero-order chi connectivity index (χ0) is 37.2. The molecule has 4 heterocycles. The van der Waals surface area contributed by atoms with Crippen LogP contribution in [0.2, 0.25) is 0 Å². The number of hydrogen-bond acceptors (Lipinski definition) is 6. The first-order valence-electron chi connectivity index (χ1n) is 18.9. The fourth-order valence-corrected chi connectivity index (χ4v) is 9.56. The van der Waals surface area contributed by atoms with Gasteiger partial charge in [0.2, 0.25) is 0 Å². The van der Waals surface area contributed by atoms with Crippen LogP contribution in [0.3, 0.4) is 0 Å². The van der Waals surface area contributed by atoms with Crippen LogP contribution in [-0.2, 0) is 5.41 Å². The van der Waals surface area contributed by atoms with E-state index in [1.54, 1.807) is 0 Å². The van der Waals surface area contributed by atoms with Crippen molar-refractivity contribution in [1.82, 2.24) is 9.55 Å². The van der Waals surface area contributed by atoms with Gasteiger partial charge in [-0.15, -0.1) is 0 Å². The standard InChI is InChI=1S/C48H40N6O/c1-50(2)30-16-20-34-35-21-17-31(51(3)4)26-41(35)48(40(34)25-30)38-23-19-33(28-45(38)53-29-52(5)43-14-10-12-39(48)47(43)53)55-32-18-22-37-36-11-6-7-13-42(36)54(44(37)27-32)46-15-8-9-24-49-46/h6-28H,29H2,1-5H3. The molecule has 3 aliphatic rings. The van der Waals surface area contributed by atoms with Gasteiger partial charge in [0.05, 0.1) is 40.2 Å². The largest absolute Gasteiger partial charge is 0.457 e. The molecule has 0 N–H and O–H groups in total. The van der Waals surface area contributed by atoms with E-state index in [9.17, 15) is 0 Å². The summed E-state index contributed by atoms with van der Waals surface area (Å²) in [6, 6.07) is 48.6. The molecule has 0 saturated heterocycles. The molecule has 0 fully saturated rings. The Labute approximate surface area is 320 Å². The number of nitrogens with zero attached hydrogens (tertiary/aromatic N) is 6. The number of ether oxygens (including phenoxy) is 1. The molecule has 0 radical (unpaired) electrons. The van der Waals surface area contributed by atoms with Crippen LogP contribution in [0.4, 0.5) is 28.4 Å². The highest BCUT2D eigenvalue weighted by Gasteiger charge is 2.53. The Balaban J connectivity index is 1.13. The summed E-state index contributed by atoms with van der Waals surface area (Å²) in [7, 11) is 10.7. The number of para-hydroxylation sites is 2. The molecule has 0 bridgehead atoms. The van der Waals surface area contributed by atoms with Gasteiger partial charge in [-0.1, -0.05) is 54.6 Å². The maximum atomic E-state index is 6.87. The Morgan fingerprint density at radius 3 is 2.00 bits per heavy atom. The maximum absolute atomic E-state index is 6.87. The van der Waals surface area contributed by atoms with Crippen molar-refractivity contribution in [3.05, 3.63) is 162 Å². The third-order valence-electron chi connectivity index (χ3n) is 12.0. The molecule has 55 heavy (non-hydrogen) atoms. The van der Waals surface area contributed by atoms with Crippen LogP contribution >= 0.6 is 0 Å². The van der Waals surface area contributed by atoms with Crippen LogP contribution < -0.4 is 24.3 Å². The average Bonchev–Trinajstić information content (AvgIpc) is 3.83. The van der Waals surface area contributed by atoms with Crippen molar-refractivity contribution < 1.29 is 4.74 Å². The van der Waals surface area contributed by atoms with Gasteiger partial charge in [0, 0.05) is 75.7 Å². The van der Waals surface area contributed by atoms with Crippen molar-refractivity contribution in [1.29, 1.82) is 0 Å². The SMILES string of the molecule is CN(C)c1ccc2c(c1)C1(c3cc(N(C)C)ccc3-2)c2ccc(Oc3ccc4c5ccccc5n(-c5ccccn5)c4c3)cc2N2CN(C)c3cccc1c32. The van der Waals surface area contributed by atoms with Crippen molar-refractivity contribution >= 4 is 50.2 Å². The van der Waals surface area contributed by atoms with E-state index in [2.05, 4.69) is 181 Å². The van der Waals surface area contributed by atoms with Gasteiger partial charge in [-0.2, -0.15) is 0 Å². The summed E-state index contributed by atoms with van der Waals surface area (Å²) in [5, 5.41) is 2.35. The van der Waals surface area contributed by atoms with Crippen LogP contribution in [0.1, 0.15) is 22.3 Å². The number of pyridine rings is 1. The maximum Gasteiger partial charge on any atom is 0.137 e. The third kappa shape index (κ3) is 4.29. The third-order valence-corrected chi connectivity index (χ3v) is 12.0. The summed E-state index contributed by atoms with van der Waals surface area (Å²) in [4.78, 5) is 14.0. The average molecular weight is 717 g/mol. The zero-order valence-electron chi connectivity index (χ0n) is 31.6. The van der Waals surface area contributed by atoms with Crippen LogP contribution in [0.25, 0.3) is 38.8 Å². The zero-order valence-corrected chi connectivity index (χ0v) is 31.6. The van der Waals surface area contributed by atoms with Crippen molar-refractivity contribution in [2.24, 2.45) is 0 Å². The lowest BCUT2D eigenvalue weighted by molar-refractivity contribution is 0.482. The highest BCUT2D eigenvalue weighted by molar-refractivity contribution is 6.09. The minimum atomic E-state index is -0.536. The first-order chi connectivity index (χ1) is 26.8. The molecule has 6 aromatic carbocycles. The molecule has 0 unspecified atom stereocenters. The second kappa shape index (κ2) is 11.4. The Morgan fingerprint density at radius 1 is 0.582 bits per heavy atom. The van der Waals surface area contributed by atoms with Gasteiger partial charge in [-0.05, 0) is 100 Å². The molecule has 2 aliphatic heterocycles. The molecule has 268 valence electrons. The second-order valence-corrected chi connectivity index (χ2v) is 15.4. The van der Waals surface area contributed by atoms with Gasteiger partial charge < -0.3 is 24.3 Å². The van der Waals surface area contributed by atoms with Crippen LogP contribution in [0.15, 0.2) is 140 Å². The smallest absolute Gasteiger partial charge is 0.137 e. The summed E-state index contributed by atoms with van der Waals surface area (Å²) >= 11 is 0. The Hall–Kier alpha value is -6.73. The van der Waals surface area contributed by atoms with E-state index >= 15 is 0 Å². The molecule has 7 heteroatoms. The monoisotopic (exact) mass is 716 g/mol. The quantitative estimate of drug-likeness (QED) is 0.177. The summed E-state index contributed by atoms with van der Waals surface area (Å²) in [6.07, 6.45) is 1.85. The van der Waals surface area contributed by atoms with Gasteiger partial charge in [0.25, 0.3) is 0 Å². The lowest BCUT2D eigenvalue weighted by Crippen LogP contribution is -2.37. The van der Waals surface area contributed by atoms with E-state index in [1.807, 2.05) is 18.3 Å². The number of fused-ring (bicyclic) bond motifs is 12. The summed E-state index contributed by atoms with van der Waals surface area (Å²) < 4.78 is 9.10. The van der Waals surface area contributed by atoms with Gasteiger partial charge in [-0.3, -0.25) is 4.57 Å². The molecule has 1 aliphatic carbocycles. The van der Waals surface area contributed by atoms with Crippen molar-refractivity contribution in [2.75, 3.05) is 61.5 Å². The van der Waals surface area contributed by atoms with E-state index in [1.165, 1.54) is 61.5 Å². The predicted molar refractivity (Wildman–Crippen MR) is 226 cm³/mol. The molecule has 1 spiro atoms. The van der Waals surface area contributed by atoms with E-state index in [-0.39, 0.29) is 0 Å². The normalized spacial score (nSPS) is 14.3. The number of anilines is 5. The minimum absolute atomic E-state index is 0.536. The van der Waals surface area contributed by atoms with E-state index in [0.29, 0.717) is 0 Å². The van der Waals surface area contributed by atoms with Gasteiger partial charge in [0.1, 0.15) is 17.3 Å². The van der Waals surface area contributed by atoms with Gasteiger partial charge in [0.15, 0.2) is 0 Å². The van der Waals surface area contributed by atoms with Crippen molar-refractivity contribution in [3.8, 4) is 28.4 Å². The van der Waals surface area contributed by atoms with Crippen LogP contribution in [-0.4, -0.2) is 51.5 Å². The molecule has 7 nitrogen and oxygen atoms in total. The lowest BCUT2D eigenvalue weighted by atomic mass is 9.64.